The van der Waals surface area contributed by atoms with Gasteiger partial charge in [0.1, 0.15) is 12.0 Å². The molecule has 42 heavy (non-hydrogen) atoms. The van der Waals surface area contributed by atoms with Crippen LogP contribution in [0.4, 0.5) is 14.4 Å². The minimum atomic E-state index is -1.34. The van der Waals surface area contributed by atoms with Crippen LogP contribution in [0.25, 0.3) is 0 Å². The molecule has 0 aromatic heterocycles. The Kier molecular flexibility index (Phi) is 21.0. The van der Waals surface area contributed by atoms with E-state index >= 15 is 0 Å². The number of amides is 5. The highest BCUT2D eigenvalue weighted by Crippen LogP contribution is 2.07. The van der Waals surface area contributed by atoms with Crippen molar-refractivity contribution in [2.75, 3.05) is 32.7 Å². The van der Waals surface area contributed by atoms with Crippen molar-refractivity contribution in [2.24, 2.45) is 4.99 Å². The number of carbonyl (C=O) groups excluding carboxylic acids is 3. The van der Waals surface area contributed by atoms with Gasteiger partial charge in [0.25, 0.3) is 0 Å². The van der Waals surface area contributed by atoms with Gasteiger partial charge in [-0.05, 0) is 72.9 Å². The molecule has 0 radical (unpaired) electrons. The summed E-state index contributed by atoms with van der Waals surface area (Å²) in [6.45, 7) is 9.71. The molecule has 0 saturated carbocycles. The molecule has 0 spiro atoms. The lowest BCUT2D eigenvalue weighted by Gasteiger charge is -2.20. The predicted octanol–water partition coefficient (Wildman–Crippen LogP) is 2.51. The van der Waals surface area contributed by atoms with Crippen LogP contribution in [0.2, 0.25) is 0 Å². The van der Waals surface area contributed by atoms with Gasteiger partial charge in [-0.1, -0.05) is 25.7 Å². The first-order valence-corrected chi connectivity index (χ1v) is 14.6. The standard InChI is InChI=1S/C27H51N7O8/c1-20(32-24(37)38)13-18-28-14-11-12-16-30-22(36)19-21(35)29-15-9-7-5-6-8-10-17-31-23(33-25(39)40)34-26(41)42-27(2,3)4/h20,28,32H,5-19H2,1-4H3,(H,29,35)(H,30,36)(H,37,38)(H,39,40)(H2,31,33,34,41). The summed E-state index contributed by atoms with van der Waals surface area (Å²) in [5.74, 6) is -0.786. The smallest absolute Gasteiger partial charge is 0.414 e. The molecule has 1 unspecified atom stereocenters. The molecule has 242 valence electrons. The Labute approximate surface area is 248 Å². The van der Waals surface area contributed by atoms with Gasteiger partial charge >= 0.3 is 18.3 Å². The zero-order chi connectivity index (χ0) is 31.8. The zero-order valence-corrected chi connectivity index (χ0v) is 25.5. The van der Waals surface area contributed by atoms with Crippen LogP contribution in [-0.2, 0) is 14.3 Å². The summed E-state index contributed by atoms with van der Waals surface area (Å²) in [4.78, 5) is 61.2. The third-order valence-corrected chi connectivity index (χ3v) is 5.57. The third kappa shape index (κ3) is 26.6. The molecule has 0 aliphatic rings. The number of nitrogens with zero attached hydrogens (tertiary/aromatic N) is 1. The molecule has 0 rings (SSSR count). The maximum atomic E-state index is 11.9. The molecule has 0 saturated heterocycles. The molecule has 0 fully saturated rings. The van der Waals surface area contributed by atoms with Crippen molar-refractivity contribution in [3.8, 4) is 0 Å². The normalized spacial score (nSPS) is 12.1. The number of rotatable bonds is 20. The van der Waals surface area contributed by atoms with E-state index in [1.807, 2.05) is 12.2 Å². The third-order valence-electron chi connectivity index (χ3n) is 5.57. The van der Waals surface area contributed by atoms with Crippen LogP contribution in [-0.4, -0.2) is 90.6 Å². The van der Waals surface area contributed by atoms with E-state index in [-0.39, 0.29) is 30.2 Å². The molecule has 0 aromatic carbocycles. The molecular weight excluding hydrogens is 550 g/mol. The Hall–Kier alpha value is -3.62. The van der Waals surface area contributed by atoms with Crippen molar-refractivity contribution in [1.29, 1.82) is 0 Å². The lowest BCUT2D eigenvalue weighted by molar-refractivity contribution is -0.129. The van der Waals surface area contributed by atoms with E-state index in [1.165, 1.54) is 0 Å². The fourth-order valence-electron chi connectivity index (χ4n) is 3.57. The highest BCUT2D eigenvalue weighted by molar-refractivity contribution is 6.00. The Bertz CT molecular complexity index is 862. The van der Waals surface area contributed by atoms with E-state index in [1.54, 1.807) is 20.8 Å². The number of carboxylic acid groups (broad SMARTS) is 2. The lowest BCUT2D eigenvalue weighted by atomic mass is 10.1. The quantitative estimate of drug-likeness (QED) is 0.0444. The number of unbranched alkanes of at least 4 members (excludes halogenated alkanes) is 6. The Morgan fingerprint density at radius 3 is 1.86 bits per heavy atom. The molecule has 0 aliphatic carbocycles. The molecule has 0 heterocycles. The van der Waals surface area contributed by atoms with E-state index in [9.17, 15) is 24.0 Å². The molecule has 15 heteroatoms. The van der Waals surface area contributed by atoms with E-state index in [2.05, 4.69) is 31.6 Å². The van der Waals surface area contributed by atoms with Crippen LogP contribution in [0.5, 0.6) is 0 Å². The zero-order valence-electron chi connectivity index (χ0n) is 25.5. The second-order valence-electron chi connectivity index (χ2n) is 10.9. The molecule has 15 nitrogen and oxygen atoms in total. The minimum Gasteiger partial charge on any atom is -0.465 e. The Morgan fingerprint density at radius 2 is 1.29 bits per heavy atom. The van der Waals surface area contributed by atoms with Crippen molar-refractivity contribution in [1.82, 2.24) is 31.9 Å². The monoisotopic (exact) mass is 601 g/mol. The van der Waals surface area contributed by atoms with Crippen LogP contribution < -0.4 is 31.9 Å². The number of hydrogen-bond donors (Lipinski definition) is 8. The van der Waals surface area contributed by atoms with Crippen LogP contribution >= 0.6 is 0 Å². The van der Waals surface area contributed by atoms with Gasteiger partial charge in [-0.15, -0.1) is 0 Å². The second kappa shape index (κ2) is 23.0. The Morgan fingerprint density at radius 1 is 0.738 bits per heavy atom. The molecule has 0 aliphatic heterocycles. The lowest BCUT2D eigenvalue weighted by Crippen LogP contribution is -2.45. The van der Waals surface area contributed by atoms with Gasteiger partial charge in [0, 0.05) is 25.7 Å². The molecule has 0 aromatic rings. The fourth-order valence-corrected chi connectivity index (χ4v) is 3.57. The van der Waals surface area contributed by atoms with E-state index in [4.69, 9.17) is 14.9 Å². The van der Waals surface area contributed by atoms with Gasteiger partial charge in [0.15, 0.2) is 0 Å². The average Bonchev–Trinajstić information content (AvgIpc) is 2.84. The summed E-state index contributed by atoms with van der Waals surface area (Å²) in [5, 5.41) is 33.0. The van der Waals surface area contributed by atoms with Crippen molar-refractivity contribution in [3.63, 3.8) is 0 Å². The van der Waals surface area contributed by atoms with Gasteiger partial charge < -0.3 is 36.2 Å². The highest BCUT2D eigenvalue weighted by Gasteiger charge is 2.18. The van der Waals surface area contributed by atoms with Crippen molar-refractivity contribution < 1.29 is 38.9 Å². The van der Waals surface area contributed by atoms with Crippen LogP contribution in [0, 0.1) is 0 Å². The highest BCUT2D eigenvalue weighted by atomic mass is 16.6. The van der Waals surface area contributed by atoms with Gasteiger partial charge in [0.2, 0.25) is 17.8 Å². The second-order valence-corrected chi connectivity index (χ2v) is 10.9. The first kappa shape index (κ1) is 38.4. The SMILES string of the molecule is CC(CCNCCCCNC(=O)CC(=O)NCCCCCCCCN=C(NC(=O)O)NC(=O)OC(C)(C)C)NC(=O)O. The van der Waals surface area contributed by atoms with Crippen molar-refractivity contribution >= 4 is 36.1 Å². The topological polar surface area (TPSA) is 220 Å². The summed E-state index contributed by atoms with van der Waals surface area (Å²) < 4.78 is 5.10. The minimum absolute atomic E-state index is 0.110. The largest absolute Gasteiger partial charge is 0.465 e. The Balaban J connectivity index is 3.78. The van der Waals surface area contributed by atoms with Crippen molar-refractivity contribution in [3.05, 3.63) is 0 Å². The van der Waals surface area contributed by atoms with Crippen LogP contribution in [0.1, 0.15) is 91.9 Å². The fraction of sp³-hybridized carbons (Fsp3) is 0.778. The number of ether oxygens (including phenoxy) is 1. The number of aliphatic imine (C=N–C) groups is 1. The van der Waals surface area contributed by atoms with E-state index < -0.39 is 23.9 Å². The molecule has 5 amide bonds. The van der Waals surface area contributed by atoms with Gasteiger partial charge in [-0.3, -0.25) is 25.2 Å². The first-order valence-electron chi connectivity index (χ1n) is 14.6. The maximum Gasteiger partial charge on any atom is 0.414 e. The van der Waals surface area contributed by atoms with Gasteiger partial charge in [0.05, 0.1) is 0 Å². The van der Waals surface area contributed by atoms with E-state index in [0.29, 0.717) is 32.6 Å². The summed E-state index contributed by atoms with van der Waals surface area (Å²) in [7, 11) is 0. The summed E-state index contributed by atoms with van der Waals surface area (Å²) in [6.07, 6.45) is 4.20. The molecule has 8 N–H and O–H groups in total. The number of guanidine groups is 1. The number of hydrogen-bond acceptors (Lipinski definition) is 8. The molecule has 0 bridgehead atoms. The molecular formula is C27H51N7O8. The van der Waals surface area contributed by atoms with Gasteiger partial charge in [-0.25, -0.2) is 14.4 Å². The maximum absolute atomic E-state index is 11.9. The summed E-state index contributed by atoms with van der Waals surface area (Å²) >= 11 is 0. The summed E-state index contributed by atoms with van der Waals surface area (Å²) in [5.41, 5.74) is -0.721. The number of alkyl carbamates (subject to hydrolysis) is 1. The van der Waals surface area contributed by atoms with Crippen LogP contribution in [0.3, 0.4) is 0 Å². The predicted molar refractivity (Wildman–Crippen MR) is 159 cm³/mol. The van der Waals surface area contributed by atoms with E-state index in [0.717, 1.165) is 57.9 Å². The summed E-state index contributed by atoms with van der Waals surface area (Å²) in [6, 6.07) is -0.110. The average molecular weight is 602 g/mol. The first-order chi connectivity index (χ1) is 19.8. The van der Waals surface area contributed by atoms with Crippen molar-refractivity contribution in [2.45, 2.75) is 104 Å². The van der Waals surface area contributed by atoms with Gasteiger partial charge in [-0.2, -0.15) is 0 Å². The number of carbonyl (C=O) groups is 5. The molecule has 1 atom stereocenters. The van der Waals surface area contributed by atoms with Crippen LogP contribution in [0.15, 0.2) is 4.99 Å². The number of nitrogens with one attached hydrogen (secondary N) is 6.